The average Bonchev–Trinajstić information content (AvgIpc) is 3.32. The van der Waals surface area contributed by atoms with Gasteiger partial charge in [0.2, 0.25) is 5.91 Å². The molecule has 28 heavy (non-hydrogen) atoms. The Labute approximate surface area is 178 Å². The Morgan fingerprint density at radius 1 is 1.21 bits per heavy atom. The largest absolute Gasteiger partial charge is 0.346 e. The molecule has 4 rings (SSSR count). The van der Waals surface area contributed by atoms with Gasteiger partial charge in [0.25, 0.3) is 10.0 Å². The molecular weight excluding hydrogens is 460 g/mol. The molecule has 2 aliphatic rings. The number of nitrogens with zero attached hydrogens (tertiary/aromatic N) is 1. The summed E-state index contributed by atoms with van der Waals surface area (Å²) in [6.07, 6.45) is 3.26. The molecule has 1 unspecified atom stereocenters. The van der Waals surface area contributed by atoms with Gasteiger partial charge in [0.15, 0.2) is 0 Å². The molecule has 1 atom stereocenters. The smallest absolute Gasteiger partial charge is 0.252 e. The first-order chi connectivity index (χ1) is 13.3. The maximum Gasteiger partial charge on any atom is 0.252 e. The van der Waals surface area contributed by atoms with E-state index < -0.39 is 10.0 Å². The number of piperidine rings is 1. The zero-order valence-corrected chi connectivity index (χ0v) is 18.9. The average molecular weight is 483 g/mol. The number of aryl methyl sites for hydroxylation is 1. The van der Waals surface area contributed by atoms with Crippen LogP contribution in [0.3, 0.4) is 0 Å². The number of carbonyl (C=O) groups is 1. The van der Waals surface area contributed by atoms with Gasteiger partial charge in [-0.3, -0.25) is 4.79 Å². The first kappa shape index (κ1) is 20.1. The Morgan fingerprint density at radius 2 is 1.93 bits per heavy atom. The Hall–Kier alpha value is -1.22. The summed E-state index contributed by atoms with van der Waals surface area (Å²) in [6.45, 7) is 2.62. The van der Waals surface area contributed by atoms with Gasteiger partial charge in [0, 0.05) is 22.4 Å². The fourth-order valence-electron chi connectivity index (χ4n) is 3.77. The van der Waals surface area contributed by atoms with Crippen LogP contribution in [0.1, 0.15) is 36.1 Å². The number of sulfonamides is 1. The summed E-state index contributed by atoms with van der Waals surface area (Å²) in [7, 11) is -3.53. The SMILES string of the molecule is Cc1ccc(S(=O)(=O)N2CCCC(C(=O)NC3(c4ccc(Br)cc4)CC3)C2)s1. The van der Waals surface area contributed by atoms with Crippen LogP contribution in [0.4, 0.5) is 0 Å². The van der Waals surface area contributed by atoms with E-state index in [4.69, 9.17) is 0 Å². The van der Waals surface area contributed by atoms with Crippen molar-refractivity contribution in [3.05, 3.63) is 51.3 Å². The van der Waals surface area contributed by atoms with E-state index in [1.54, 1.807) is 6.07 Å². The monoisotopic (exact) mass is 482 g/mol. The fourth-order valence-corrected chi connectivity index (χ4v) is 7.00. The molecule has 1 saturated carbocycles. The second-order valence-corrected chi connectivity index (χ2v) is 12.0. The lowest BCUT2D eigenvalue weighted by Crippen LogP contribution is -2.47. The van der Waals surface area contributed by atoms with Crippen LogP contribution in [0.25, 0.3) is 0 Å². The topological polar surface area (TPSA) is 66.5 Å². The predicted molar refractivity (Wildman–Crippen MR) is 114 cm³/mol. The zero-order valence-electron chi connectivity index (χ0n) is 15.7. The van der Waals surface area contributed by atoms with Crippen molar-refractivity contribution in [1.82, 2.24) is 9.62 Å². The van der Waals surface area contributed by atoms with Crippen molar-refractivity contribution >= 4 is 43.2 Å². The molecule has 1 aromatic carbocycles. The molecule has 5 nitrogen and oxygen atoms in total. The van der Waals surface area contributed by atoms with Crippen LogP contribution in [0.15, 0.2) is 45.1 Å². The molecule has 1 N–H and O–H groups in total. The molecule has 0 bridgehead atoms. The minimum absolute atomic E-state index is 0.0392. The van der Waals surface area contributed by atoms with Gasteiger partial charge in [-0.15, -0.1) is 11.3 Å². The summed E-state index contributed by atoms with van der Waals surface area (Å²) in [5.74, 6) is -0.347. The van der Waals surface area contributed by atoms with Gasteiger partial charge in [0.05, 0.1) is 11.5 Å². The number of amides is 1. The molecule has 8 heteroatoms. The van der Waals surface area contributed by atoms with Crippen molar-refractivity contribution in [2.24, 2.45) is 5.92 Å². The Bertz CT molecular complexity index is 981. The lowest BCUT2D eigenvalue weighted by Gasteiger charge is -2.32. The van der Waals surface area contributed by atoms with E-state index in [0.29, 0.717) is 17.2 Å². The first-order valence-electron chi connectivity index (χ1n) is 9.45. The summed E-state index contributed by atoms with van der Waals surface area (Å²) in [5.41, 5.74) is 0.822. The molecular formula is C20H23BrN2O3S2. The lowest BCUT2D eigenvalue weighted by atomic mass is 9.97. The molecule has 2 fully saturated rings. The maximum atomic E-state index is 13.0. The van der Waals surface area contributed by atoms with Crippen LogP contribution in [0.5, 0.6) is 0 Å². The van der Waals surface area contributed by atoms with Crippen LogP contribution in [-0.4, -0.2) is 31.7 Å². The molecule has 1 aromatic heterocycles. The lowest BCUT2D eigenvalue weighted by molar-refractivity contribution is -0.127. The zero-order chi connectivity index (χ0) is 19.9. The number of nitrogens with one attached hydrogen (secondary N) is 1. The second kappa shape index (κ2) is 7.55. The number of carbonyl (C=O) groups excluding carboxylic acids is 1. The second-order valence-electron chi connectivity index (χ2n) is 7.65. The molecule has 1 aliphatic carbocycles. The van der Waals surface area contributed by atoms with E-state index in [1.807, 2.05) is 37.3 Å². The van der Waals surface area contributed by atoms with E-state index in [9.17, 15) is 13.2 Å². The van der Waals surface area contributed by atoms with E-state index in [2.05, 4.69) is 21.2 Å². The summed E-state index contributed by atoms with van der Waals surface area (Å²) in [6, 6.07) is 11.5. The first-order valence-corrected chi connectivity index (χ1v) is 12.5. The molecule has 2 heterocycles. The van der Waals surface area contributed by atoms with Crippen molar-refractivity contribution in [2.75, 3.05) is 13.1 Å². The molecule has 2 aromatic rings. The predicted octanol–water partition coefficient (Wildman–Crippen LogP) is 4.03. The van der Waals surface area contributed by atoms with Crippen molar-refractivity contribution in [1.29, 1.82) is 0 Å². The molecule has 1 saturated heterocycles. The van der Waals surface area contributed by atoms with Gasteiger partial charge in [0.1, 0.15) is 4.21 Å². The van der Waals surface area contributed by atoms with Crippen molar-refractivity contribution in [3.63, 3.8) is 0 Å². The number of hydrogen-bond acceptors (Lipinski definition) is 4. The molecule has 1 amide bonds. The Morgan fingerprint density at radius 3 is 2.54 bits per heavy atom. The molecule has 150 valence electrons. The van der Waals surface area contributed by atoms with Crippen molar-refractivity contribution in [2.45, 2.75) is 42.4 Å². The fraction of sp³-hybridized carbons (Fsp3) is 0.450. The number of rotatable bonds is 5. The molecule has 0 radical (unpaired) electrons. The van der Waals surface area contributed by atoms with Gasteiger partial charge >= 0.3 is 0 Å². The van der Waals surface area contributed by atoms with E-state index in [0.717, 1.165) is 34.2 Å². The van der Waals surface area contributed by atoms with Gasteiger partial charge in [-0.2, -0.15) is 4.31 Å². The number of benzene rings is 1. The third-order valence-corrected chi connectivity index (χ3v) is 9.44. The summed E-state index contributed by atoms with van der Waals surface area (Å²) < 4.78 is 28.7. The third kappa shape index (κ3) is 3.92. The third-order valence-electron chi connectivity index (χ3n) is 5.57. The molecule has 1 aliphatic heterocycles. The van der Waals surface area contributed by atoms with E-state index in [1.165, 1.54) is 15.6 Å². The number of hydrogen-bond donors (Lipinski definition) is 1. The van der Waals surface area contributed by atoms with Crippen molar-refractivity contribution in [3.8, 4) is 0 Å². The maximum absolute atomic E-state index is 13.0. The van der Waals surface area contributed by atoms with E-state index >= 15 is 0 Å². The highest BCUT2D eigenvalue weighted by Crippen LogP contribution is 2.46. The highest BCUT2D eigenvalue weighted by molar-refractivity contribution is 9.10. The van der Waals surface area contributed by atoms with Gasteiger partial charge in [-0.05, 0) is 62.4 Å². The number of thiophene rings is 1. The van der Waals surface area contributed by atoms with Gasteiger partial charge in [-0.1, -0.05) is 28.1 Å². The number of halogens is 1. The van der Waals surface area contributed by atoms with Crippen LogP contribution in [0, 0.1) is 12.8 Å². The van der Waals surface area contributed by atoms with Gasteiger partial charge < -0.3 is 5.32 Å². The van der Waals surface area contributed by atoms with Crippen LogP contribution >= 0.6 is 27.3 Å². The Kier molecular flexibility index (Phi) is 5.41. The normalized spacial score (nSPS) is 22.0. The summed E-state index contributed by atoms with van der Waals surface area (Å²) in [4.78, 5) is 13.9. The van der Waals surface area contributed by atoms with Crippen LogP contribution in [-0.2, 0) is 20.4 Å². The highest BCUT2D eigenvalue weighted by Gasteiger charge is 2.47. The standard InChI is InChI=1S/C20H23BrN2O3S2/c1-14-4-9-18(27-14)28(25,26)23-12-2-3-15(13-23)19(24)22-20(10-11-20)16-5-7-17(21)8-6-16/h4-9,15H,2-3,10-13H2,1H3,(H,22,24). The van der Waals surface area contributed by atoms with E-state index in [-0.39, 0.29) is 23.9 Å². The molecule has 0 spiro atoms. The van der Waals surface area contributed by atoms with Gasteiger partial charge in [-0.25, -0.2) is 8.42 Å². The summed E-state index contributed by atoms with van der Waals surface area (Å²) >= 11 is 4.73. The summed E-state index contributed by atoms with van der Waals surface area (Å²) in [5, 5.41) is 3.22. The van der Waals surface area contributed by atoms with Crippen molar-refractivity contribution < 1.29 is 13.2 Å². The minimum atomic E-state index is -3.53. The van der Waals surface area contributed by atoms with Crippen LogP contribution < -0.4 is 5.32 Å². The highest BCUT2D eigenvalue weighted by atomic mass is 79.9. The quantitative estimate of drug-likeness (QED) is 0.699. The van der Waals surface area contributed by atoms with Crippen LogP contribution in [0.2, 0.25) is 0 Å². The Balaban J connectivity index is 1.46. The minimum Gasteiger partial charge on any atom is -0.346 e.